The maximum Gasteiger partial charge on any atom is 0.277 e. The first kappa shape index (κ1) is 13.5. The number of amides is 1. The zero-order chi connectivity index (χ0) is 12.2. The van der Waals surface area contributed by atoms with Gasteiger partial charge >= 0.3 is 0 Å². The number of rotatable bonds is 5. The topological polar surface area (TPSA) is 55.1 Å². The van der Waals surface area contributed by atoms with E-state index < -0.39 is 24.9 Å². The fourth-order valence-corrected chi connectivity index (χ4v) is 2.45. The Morgan fingerprint density at radius 2 is 2.25 bits per heavy atom. The summed E-state index contributed by atoms with van der Waals surface area (Å²) in [6.45, 7) is -1.48. The van der Waals surface area contributed by atoms with E-state index in [0.717, 1.165) is 8.66 Å². The Kier molecular flexibility index (Phi) is 4.82. The van der Waals surface area contributed by atoms with Crippen molar-refractivity contribution in [3.63, 3.8) is 0 Å². The van der Waals surface area contributed by atoms with Crippen molar-refractivity contribution in [2.75, 3.05) is 13.1 Å². The van der Waals surface area contributed by atoms with Gasteiger partial charge in [0.25, 0.3) is 5.92 Å². The Morgan fingerprint density at radius 3 is 2.75 bits per heavy atom. The molecule has 0 aliphatic rings. The SMILES string of the molecule is NCC(F)(F)CNC(=O)Cc1ccc(Br)s1. The number of alkyl halides is 2. The molecule has 0 bridgehead atoms. The van der Waals surface area contributed by atoms with E-state index in [1.54, 1.807) is 6.07 Å². The number of halogens is 3. The van der Waals surface area contributed by atoms with Gasteiger partial charge in [-0.15, -0.1) is 11.3 Å². The predicted molar refractivity (Wildman–Crippen MR) is 62.7 cm³/mol. The van der Waals surface area contributed by atoms with Crippen LogP contribution in [0.1, 0.15) is 4.88 Å². The zero-order valence-electron chi connectivity index (χ0n) is 8.30. The van der Waals surface area contributed by atoms with Gasteiger partial charge in [0.2, 0.25) is 5.91 Å². The molecular formula is C9H11BrF2N2OS. The molecule has 90 valence electrons. The maximum atomic E-state index is 12.7. The summed E-state index contributed by atoms with van der Waals surface area (Å²) in [5.74, 6) is -3.46. The highest BCUT2D eigenvalue weighted by Gasteiger charge is 2.27. The summed E-state index contributed by atoms with van der Waals surface area (Å²) >= 11 is 4.65. The van der Waals surface area contributed by atoms with Gasteiger partial charge in [0.15, 0.2) is 0 Å². The highest BCUT2D eigenvalue weighted by Crippen LogP contribution is 2.22. The predicted octanol–water partition coefficient (Wildman–Crippen LogP) is 1.76. The van der Waals surface area contributed by atoms with Crippen LogP contribution in [-0.2, 0) is 11.2 Å². The number of carbonyl (C=O) groups excluding carboxylic acids is 1. The highest BCUT2D eigenvalue weighted by molar-refractivity contribution is 9.11. The summed E-state index contributed by atoms with van der Waals surface area (Å²) in [6, 6.07) is 3.58. The number of hydrogen-bond acceptors (Lipinski definition) is 3. The highest BCUT2D eigenvalue weighted by atomic mass is 79.9. The molecule has 3 nitrogen and oxygen atoms in total. The third-order valence-corrected chi connectivity index (χ3v) is 3.43. The molecule has 0 atom stereocenters. The quantitative estimate of drug-likeness (QED) is 0.870. The molecule has 0 saturated carbocycles. The number of nitrogens with one attached hydrogen (secondary N) is 1. The first-order chi connectivity index (χ1) is 7.43. The fourth-order valence-electron chi connectivity index (χ4n) is 0.968. The van der Waals surface area contributed by atoms with Gasteiger partial charge in [0.1, 0.15) is 0 Å². The third kappa shape index (κ3) is 4.54. The molecule has 0 fully saturated rings. The van der Waals surface area contributed by atoms with Gasteiger partial charge in [-0.2, -0.15) is 0 Å². The third-order valence-electron chi connectivity index (χ3n) is 1.81. The van der Waals surface area contributed by atoms with Crippen LogP contribution in [0.15, 0.2) is 15.9 Å². The van der Waals surface area contributed by atoms with E-state index in [9.17, 15) is 13.6 Å². The molecule has 0 radical (unpaired) electrons. The van der Waals surface area contributed by atoms with Crippen LogP contribution in [0.2, 0.25) is 0 Å². The molecular weight excluding hydrogens is 302 g/mol. The molecule has 1 heterocycles. The second-order valence-corrected chi connectivity index (χ2v) is 5.77. The lowest BCUT2D eigenvalue weighted by Gasteiger charge is -2.14. The first-order valence-corrected chi connectivity index (χ1v) is 6.13. The van der Waals surface area contributed by atoms with Gasteiger partial charge in [0, 0.05) is 4.88 Å². The molecule has 0 aliphatic heterocycles. The van der Waals surface area contributed by atoms with Crippen molar-refractivity contribution in [1.29, 1.82) is 0 Å². The van der Waals surface area contributed by atoms with Gasteiger partial charge in [-0.3, -0.25) is 4.79 Å². The second-order valence-electron chi connectivity index (χ2n) is 3.22. The van der Waals surface area contributed by atoms with Gasteiger partial charge in [-0.05, 0) is 28.1 Å². The van der Waals surface area contributed by atoms with Crippen molar-refractivity contribution in [1.82, 2.24) is 5.32 Å². The molecule has 1 aromatic rings. The Balaban J connectivity index is 2.37. The van der Waals surface area contributed by atoms with Gasteiger partial charge < -0.3 is 11.1 Å². The first-order valence-electron chi connectivity index (χ1n) is 4.52. The lowest BCUT2D eigenvalue weighted by atomic mass is 10.3. The van der Waals surface area contributed by atoms with Gasteiger partial charge in [0.05, 0.1) is 23.3 Å². The normalized spacial score (nSPS) is 11.5. The summed E-state index contributed by atoms with van der Waals surface area (Å²) in [7, 11) is 0. The monoisotopic (exact) mass is 312 g/mol. The second kappa shape index (κ2) is 5.70. The van der Waals surface area contributed by atoms with E-state index >= 15 is 0 Å². The van der Waals surface area contributed by atoms with Crippen LogP contribution in [0.4, 0.5) is 8.78 Å². The van der Waals surface area contributed by atoms with Gasteiger partial charge in [-0.25, -0.2) is 8.78 Å². The molecule has 1 amide bonds. The molecule has 0 unspecified atom stereocenters. The minimum absolute atomic E-state index is 0.108. The maximum absolute atomic E-state index is 12.7. The summed E-state index contributed by atoms with van der Waals surface area (Å²) in [6.07, 6.45) is 0.108. The van der Waals surface area contributed by atoms with Crippen LogP contribution in [0.5, 0.6) is 0 Å². The molecule has 1 rings (SSSR count). The van der Waals surface area contributed by atoms with Crippen molar-refractivity contribution in [2.24, 2.45) is 5.73 Å². The molecule has 1 aromatic heterocycles. The van der Waals surface area contributed by atoms with Crippen molar-refractivity contribution < 1.29 is 13.6 Å². The van der Waals surface area contributed by atoms with Gasteiger partial charge in [-0.1, -0.05) is 0 Å². The average molecular weight is 313 g/mol. The number of hydrogen-bond donors (Lipinski definition) is 2. The Labute approximate surface area is 104 Å². The summed E-state index contributed by atoms with van der Waals surface area (Å²) in [5.41, 5.74) is 4.84. The Bertz CT molecular complexity index is 370. The van der Waals surface area contributed by atoms with Crippen LogP contribution in [0.25, 0.3) is 0 Å². The molecule has 0 aliphatic carbocycles. The summed E-state index contributed by atoms with van der Waals surface area (Å²) < 4.78 is 26.3. The van der Waals surface area contributed by atoms with E-state index in [1.807, 2.05) is 6.07 Å². The van der Waals surface area contributed by atoms with Crippen LogP contribution >= 0.6 is 27.3 Å². The number of thiophene rings is 1. The largest absolute Gasteiger partial charge is 0.350 e. The fraction of sp³-hybridized carbons (Fsp3) is 0.444. The van der Waals surface area contributed by atoms with Crippen LogP contribution in [0.3, 0.4) is 0 Å². The molecule has 0 spiro atoms. The Hall–Kier alpha value is -0.530. The van der Waals surface area contributed by atoms with Crippen LogP contribution < -0.4 is 11.1 Å². The summed E-state index contributed by atoms with van der Waals surface area (Å²) in [4.78, 5) is 12.1. The number of nitrogens with two attached hydrogens (primary N) is 1. The van der Waals surface area contributed by atoms with E-state index in [2.05, 4.69) is 21.2 Å². The molecule has 7 heteroatoms. The standard InChI is InChI=1S/C9H11BrF2N2OS/c10-7-2-1-6(16-7)3-8(15)14-5-9(11,12)4-13/h1-2H,3-5,13H2,(H,14,15). The van der Waals surface area contributed by atoms with Crippen LogP contribution in [-0.4, -0.2) is 24.9 Å². The Morgan fingerprint density at radius 1 is 1.56 bits per heavy atom. The molecule has 3 N–H and O–H groups in total. The van der Waals surface area contributed by atoms with Crippen molar-refractivity contribution in [3.05, 3.63) is 20.8 Å². The van der Waals surface area contributed by atoms with E-state index in [1.165, 1.54) is 11.3 Å². The summed E-state index contributed by atoms with van der Waals surface area (Å²) in [5, 5.41) is 2.15. The average Bonchev–Trinajstić information content (AvgIpc) is 2.61. The molecule has 0 saturated heterocycles. The van der Waals surface area contributed by atoms with Crippen LogP contribution in [0, 0.1) is 0 Å². The zero-order valence-corrected chi connectivity index (χ0v) is 10.7. The minimum atomic E-state index is -3.04. The minimum Gasteiger partial charge on any atom is -0.350 e. The molecule has 0 aromatic carbocycles. The van der Waals surface area contributed by atoms with Crippen molar-refractivity contribution >= 4 is 33.2 Å². The smallest absolute Gasteiger partial charge is 0.277 e. The number of carbonyl (C=O) groups is 1. The lowest BCUT2D eigenvalue weighted by molar-refractivity contribution is -0.122. The van der Waals surface area contributed by atoms with E-state index in [-0.39, 0.29) is 6.42 Å². The van der Waals surface area contributed by atoms with E-state index in [4.69, 9.17) is 5.73 Å². The van der Waals surface area contributed by atoms with E-state index in [0.29, 0.717) is 0 Å². The van der Waals surface area contributed by atoms with Crippen molar-refractivity contribution in [2.45, 2.75) is 12.3 Å². The molecule has 16 heavy (non-hydrogen) atoms. The lowest BCUT2D eigenvalue weighted by Crippen LogP contribution is -2.41. The van der Waals surface area contributed by atoms with Crippen molar-refractivity contribution in [3.8, 4) is 0 Å².